The van der Waals surface area contributed by atoms with E-state index in [0.29, 0.717) is 5.75 Å². The Labute approximate surface area is 210 Å². The molecule has 4 heterocycles. The first kappa shape index (κ1) is 24.5. The molecule has 0 bridgehead atoms. The molecular weight excluding hydrogens is 464 g/mol. The number of rotatable bonds is 7. The maximum absolute atomic E-state index is 12.7. The van der Waals surface area contributed by atoms with E-state index in [0.717, 1.165) is 56.1 Å². The lowest BCUT2D eigenvalue weighted by Crippen LogP contribution is -2.39. The predicted molar refractivity (Wildman–Crippen MR) is 138 cm³/mol. The number of pyridine rings is 1. The number of aryl methyl sites for hydroxylation is 1. The van der Waals surface area contributed by atoms with Gasteiger partial charge < -0.3 is 14.2 Å². The molecular formula is C26H29ClN6O2. The Morgan fingerprint density at radius 1 is 1.00 bits per heavy atom. The molecule has 0 N–H and O–H groups in total. The third-order valence-corrected chi connectivity index (χ3v) is 6.08. The average molecular weight is 493 g/mol. The third-order valence-electron chi connectivity index (χ3n) is 6.08. The van der Waals surface area contributed by atoms with Gasteiger partial charge in [0, 0.05) is 74.4 Å². The van der Waals surface area contributed by atoms with E-state index in [-0.39, 0.29) is 24.1 Å². The summed E-state index contributed by atoms with van der Waals surface area (Å²) in [6, 6.07) is 11.2. The number of hydrogen-bond acceptors (Lipinski definition) is 6. The molecule has 1 aliphatic heterocycles. The fraction of sp³-hybridized carbons (Fsp3) is 0.308. The number of benzene rings is 1. The average Bonchev–Trinajstić information content (AvgIpc) is 3.41. The lowest BCUT2D eigenvalue weighted by molar-refractivity contribution is 0.170. The molecule has 8 nitrogen and oxygen atoms in total. The van der Waals surface area contributed by atoms with Gasteiger partial charge in [-0.05, 0) is 42.3 Å². The van der Waals surface area contributed by atoms with Gasteiger partial charge in [-0.2, -0.15) is 0 Å². The minimum atomic E-state index is -0.120. The Hall–Kier alpha value is -3.65. The van der Waals surface area contributed by atoms with Crippen molar-refractivity contribution in [2.75, 3.05) is 18.0 Å². The number of aromatic nitrogens is 5. The van der Waals surface area contributed by atoms with Crippen molar-refractivity contribution in [3.63, 3.8) is 0 Å². The summed E-state index contributed by atoms with van der Waals surface area (Å²) in [7, 11) is 0. The number of piperidine rings is 1. The van der Waals surface area contributed by atoms with Crippen molar-refractivity contribution < 1.29 is 4.74 Å². The van der Waals surface area contributed by atoms with Gasteiger partial charge in [-0.25, -0.2) is 15.0 Å². The summed E-state index contributed by atoms with van der Waals surface area (Å²) in [5, 5.41) is 0. The molecule has 0 spiro atoms. The molecule has 9 heteroatoms. The summed E-state index contributed by atoms with van der Waals surface area (Å²) in [5.74, 6) is 1.38. The van der Waals surface area contributed by atoms with E-state index in [9.17, 15) is 4.79 Å². The molecule has 0 unspecified atom stereocenters. The lowest BCUT2D eigenvalue weighted by atomic mass is 10.1. The molecule has 35 heavy (non-hydrogen) atoms. The third kappa shape index (κ3) is 5.71. The molecule has 0 aliphatic carbocycles. The summed E-state index contributed by atoms with van der Waals surface area (Å²) in [5.41, 5.74) is 2.85. The molecule has 0 amide bonds. The maximum Gasteiger partial charge on any atom is 0.258 e. The van der Waals surface area contributed by atoms with Crippen molar-refractivity contribution in [1.82, 2.24) is 24.1 Å². The number of nitrogens with zero attached hydrogens (tertiary/aromatic N) is 6. The molecule has 1 saturated heterocycles. The van der Waals surface area contributed by atoms with E-state index >= 15 is 0 Å². The molecule has 1 fully saturated rings. The van der Waals surface area contributed by atoms with E-state index in [2.05, 4.69) is 26.8 Å². The highest BCUT2D eigenvalue weighted by atomic mass is 35.5. The van der Waals surface area contributed by atoms with Crippen LogP contribution in [0.4, 0.5) is 5.95 Å². The van der Waals surface area contributed by atoms with Crippen LogP contribution in [0, 0.1) is 0 Å². The first-order valence-corrected chi connectivity index (χ1v) is 11.7. The monoisotopic (exact) mass is 492 g/mol. The standard InChI is InChI=1S/C26H28N6O2.ClH/c1-2-3-20-17-28-26(29-18-20)30-12-8-23(9-13-30)34-24-10-14-32(25(33)16-24)22-6-4-21(5-7-22)31-15-11-27-19-31;/h4-7,10-11,14-19,23H,2-3,8-9,12-13H2,1H3;1H. The Morgan fingerprint density at radius 3 is 2.34 bits per heavy atom. The van der Waals surface area contributed by atoms with Crippen LogP contribution in [0.15, 0.2) is 78.5 Å². The largest absolute Gasteiger partial charge is 0.490 e. The molecule has 1 aromatic carbocycles. The first-order chi connectivity index (χ1) is 16.7. The van der Waals surface area contributed by atoms with Gasteiger partial charge in [0.1, 0.15) is 11.9 Å². The van der Waals surface area contributed by atoms with Crippen molar-refractivity contribution in [2.45, 2.75) is 38.7 Å². The van der Waals surface area contributed by atoms with Crippen molar-refractivity contribution in [3.05, 3.63) is 89.6 Å². The molecule has 5 rings (SSSR count). The summed E-state index contributed by atoms with van der Waals surface area (Å²) in [6.45, 7) is 3.82. The molecule has 4 aromatic rings. The van der Waals surface area contributed by atoms with Gasteiger partial charge >= 0.3 is 0 Å². The zero-order valence-electron chi connectivity index (χ0n) is 19.7. The van der Waals surface area contributed by atoms with Gasteiger partial charge in [0.25, 0.3) is 5.56 Å². The zero-order chi connectivity index (χ0) is 23.3. The van der Waals surface area contributed by atoms with Gasteiger partial charge in [-0.1, -0.05) is 13.3 Å². The van der Waals surface area contributed by atoms with E-state index in [1.165, 1.54) is 5.56 Å². The molecule has 0 atom stereocenters. The van der Waals surface area contributed by atoms with E-state index in [1.54, 1.807) is 29.4 Å². The number of halogens is 1. The Balaban J connectivity index is 0.00000289. The maximum atomic E-state index is 12.7. The van der Waals surface area contributed by atoms with E-state index < -0.39 is 0 Å². The smallest absolute Gasteiger partial charge is 0.258 e. The van der Waals surface area contributed by atoms with Crippen LogP contribution in [-0.2, 0) is 6.42 Å². The van der Waals surface area contributed by atoms with Crippen LogP contribution in [0.1, 0.15) is 31.7 Å². The summed E-state index contributed by atoms with van der Waals surface area (Å²) >= 11 is 0. The van der Waals surface area contributed by atoms with Crippen LogP contribution in [0.5, 0.6) is 5.75 Å². The highest BCUT2D eigenvalue weighted by Gasteiger charge is 2.22. The van der Waals surface area contributed by atoms with Crippen molar-refractivity contribution in [2.24, 2.45) is 0 Å². The van der Waals surface area contributed by atoms with Crippen LogP contribution in [0.25, 0.3) is 11.4 Å². The second-order valence-electron chi connectivity index (χ2n) is 8.50. The fourth-order valence-electron chi connectivity index (χ4n) is 4.24. The lowest BCUT2D eigenvalue weighted by Gasteiger charge is -2.32. The second-order valence-corrected chi connectivity index (χ2v) is 8.50. The molecule has 0 saturated carbocycles. The Kier molecular flexibility index (Phi) is 7.82. The molecule has 182 valence electrons. The topological polar surface area (TPSA) is 78.1 Å². The number of hydrogen-bond donors (Lipinski definition) is 0. The number of anilines is 1. The summed E-state index contributed by atoms with van der Waals surface area (Å²) in [4.78, 5) is 28.1. The minimum Gasteiger partial charge on any atom is -0.490 e. The zero-order valence-corrected chi connectivity index (χ0v) is 20.5. The highest BCUT2D eigenvalue weighted by molar-refractivity contribution is 5.85. The summed E-state index contributed by atoms with van der Waals surface area (Å²) in [6.07, 6.45) is 14.9. The Morgan fingerprint density at radius 2 is 1.71 bits per heavy atom. The highest BCUT2D eigenvalue weighted by Crippen LogP contribution is 2.21. The normalized spacial score (nSPS) is 13.9. The van der Waals surface area contributed by atoms with Crippen LogP contribution in [0.2, 0.25) is 0 Å². The van der Waals surface area contributed by atoms with Crippen LogP contribution < -0.4 is 15.2 Å². The SMILES string of the molecule is CCCc1cnc(N2CCC(Oc3ccn(-c4ccc(-n5ccnc5)cc4)c(=O)c3)CC2)nc1.Cl. The quantitative estimate of drug-likeness (QED) is 0.384. The van der Waals surface area contributed by atoms with Crippen LogP contribution in [0.3, 0.4) is 0 Å². The minimum absolute atomic E-state index is 0. The van der Waals surface area contributed by atoms with Gasteiger partial charge in [0.15, 0.2) is 0 Å². The van der Waals surface area contributed by atoms with Crippen molar-refractivity contribution in [3.8, 4) is 17.1 Å². The van der Waals surface area contributed by atoms with Gasteiger partial charge in [0.05, 0.1) is 6.33 Å². The van der Waals surface area contributed by atoms with E-state index in [1.807, 2.05) is 53.5 Å². The van der Waals surface area contributed by atoms with Crippen LogP contribution >= 0.6 is 12.4 Å². The van der Waals surface area contributed by atoms with Crippen LogP contribution in [-0.4, -0.2) is 43.3 Å². The number of imidazole rings is 1. The van der Waals surface area contributed by atoms with Crippen molar-refractivity contribution in [1.29, 1.82) is 0 Å². The van der Waals surface area contributed by atoms with Gasteiger partial charge in [-0.3, -0.25) is 9.36 Å². The van der Waals surface area contributed by atoms with Gasteiger partial charge in [0.2, 0.25) is 5.95 Å². The van der Waals surface area contributed by atoms with E-state index in [4.69, 9.17) is 4.74 Å². The fourth-order valence-corrected chi connectivity index (χ4v) is 4.24. The molecule has 1 aliphatic rings. The Bertz CT molecular complexity index is 1260. The predicted octanol–water partition coefficient (Wildman–Crippen LogP) is 4.24. The molecule has 0 radical (unpaired) electrons. The number of ether oxygens (including phenoxy) is 1. The second kappa shape index (κ2) is 11.2. The van der Waals surface area contributed by atoms with Gasteiger partial charge in [-0.15, -0.1) is 12.4 Å². The van der Waals surface area contributed by atoms with Crippen molar-refractivity contribution >= 4 is 18.4 Å². The molecule has 3 aromatic heterocycles. The first-order valence-electron chi connectivity index (χ1n) is 11.7. The summed E-state index contributed by atoms with van der Waals surface area (Å²) < 4.78 is 9.68.